The van der Waals surface area contributed by atoms with Crippen LogP contribution in [0.4, 0.5) is 0 Å². The van der Waals surface area contributed by atoms with Crippen LogP contribution in [0.15, 0.2) is 60.8 Å². The normalized spacial score (nSPS) is 12.4. The van der Waals surface area contributed by atoms with Crippen molar-refractivity contribution in [3.63, 3.8) is 0 Å². The predicted molar refractivity (Wildman–Crippen MR) is 330 cm³/mol. The van der Waals surface area contributed by atoms with E-state index in [1.54, 1.807) is 0 Å². The van der Waals surface area contributed by atoms with E-state index in [2.05, 4.69) is 75.5 Å². The van der Waals surface area contributed by atoms with Crippen molar-refractivity contribution < 1.29 is 28.6 Å². The van der Waals surface area contributed by atoms with Crippen molar-refractivity contribution in [3.05, 3.63) is 60.8 Å². The molecule has 0 N–H and O–H groups in total. The van der Waals surface area contributed by atoms with Crippen LogP contribution in [0.3, 0.4) is 0 Å². The maximum atomic E-state index is 12.8. The van der Waals surface area contributed by atoms with Crippen molar-refractivity contribution in [2.45, 2.75) is 354 Å². The molecule has 0 bridgehead atoms. The molecule has 0 radical (unpaired) electrons. The monoisotopic (exact) mass is 1060 g/mol. The summed E-state index contributed by atoms with van der Waals surface area (Å²) in [5, 5.41) is 0. The van der Waals surface area contributed by atoms with Crippen LogP contribution >= 0.6 is 0 Å². The topological polar surface area (TPSA) is 78.9 Å². The summed E-state index contributed by atoms with van der Waals surface area (Å²) in [7, 11) is 0. The Bertz CT molecular complexity index is 1360. The van der Waals surface area contributed by atoms with Gasteiger partial charge in [-0.05, 0) is 70.6 Å². The van der Waals surface area contributed by atoms with Gasteiger partial charge in [-0.25, -0.2) is 0 Å². The lowest BCUT2D eigenvalue weighted by Gasteiger charge is -2.18. The summed E-state index contributed by atoms with van der Waals surface area (Å²) >= 11 is 0. The van der Waals surface area contributed by atoms with Gasteiger partial charge in [-0.3, -0.25) is 14.4 Å². The van der Waals surface area contributed by atoms with Crippen LogP contribution in [0.2, 0.25) is 0 Å². The first kappa shape index (κ1) is 73.1. The molecule has 0 heterocycles. The Hall–Kier alpha value is -2.89. The Morgan fingerprint density at radius 3 is 0.882 bits per heavy atom. The number of allylic oxidation sites excluding steroid dienone is 10. The van der Waals surface area contributed by atoms with Crippen molar-refractivity contribution in [2.24, 2.45) is 0 Å². The van der Waals surface area contributed by atoms with E-state index in [9.17, 15) is 14.4 Å². The van der Waals surface area contributed by atoms with Gasteiger partial charge < -0.3 is 14.2 Å². The van der Waals surface area contributed by atoms with Crippen molar-refractivity contribution >= 4 is 17.9 Å². The van der Waals surface area contributed by atoms with Crippen LogP contribution in [0.1, 0.15) is 348 Å². The van der Waals surface area contributed by atoms with Gasteiger partial charge in [0, 0.05) is 19.3 Å². The van der Waals surface area contributed by atoms with E-state index in [0.29, 0.717) is 19.3 Å². The second-order valence-corrected chi connectivity index (χ2v) is 22.4. The molecular formula is C70H126O6. The molecule has 0 aromatic heterocycles. The minimum Gasteiger partial charge on any atom is -0.462 e. The molecule has 0 spiro atoms. The third-order valence-electron chi connectivity index (χ3n) is 14.8. The van der Waals surface area contributed by atoms with E-state index < -0.39 is 6.10 Å². The first-order chi connectivity index (χ1) is 37.5. The lowest BCUT2D eigenvalue weighted by Crippen LogP contribution is -2.30. The maximum absolute atomic E-state index is 12.8. The van der Waals surface area contributed by atoms with E-state index in [1.165, 1.54) is 231 Å². The minimum absolute atomic E-state index is 0.103. The lowest BCUT2D eigenvalue weighted by atomic mass is 10.0. The SMILES string of the molecule is CC/C=C\C/C=C\C/C=C\C/C=C\CCC(=O)OC(COC(=O)CCCCCCC/C=C\CCCCC)COC(=O)CCCCCCCCCCCCCCCCCCCCCCCCCCCCCCCCCCC. The number of hydrogen-bond acceptors (Lipinski definition) is 6. The zero-order valence-corrected chi connectivity index (χ0v) is 50.8. The third kappa shape index (κ3) is 62.0. The number of carbonyl (C=O) groups excluding carboxylic acids is 3. The molecule has 0 amide bonds. The number of rotatable bonds is 61. The van der Waals surface area contributed by atoms with Crippen LogP contribution in [-0.4, -0.2) is 37.2 Å². The standard InChI is InChI=1S/C70H126O6/c1-4-7-10-13-16-19-22-25-26-27-28-29-30-31-32-33-34-35-36-37-38-39-40-41-42-43-44-46-48-51-54-57-60-63-69(72)75-66-67(65-74-68(71)62-59-56-53-50-47-24-21-18-15-12-9-6-3)76-70(73)64-61-58-55-52-49-45-23-20-17-14-11-8-5-2/h8,11,17-18,20-21,45,49,55,58,67H,4-7,9-10,12-16,19,22-44,46-48,50-54,56-57,59-66H2,1-3H3/b11-8-,20-17-,21-18-,49-45-,58-55-. The highest BCUT2D eigenvalue weighted by Gasteiger charge is 2.19. The smallest absolute Gasteiger partial charge is 0.306 e. The first-order valence-electron chi connectivity index (χ1n) is 33.3. The number of esters is 3. The summed E-state index contributed by atoms with van der Waals surface area (Å²) in [5.41, 5.74) is 0. The number of ether oxygens (including phenoxy) is 3. The van der Waals surface area contributed by atoms with Gasteiger partial charge in [-0.15, -0.1) is 0 Å². The molecule has 0 rings (SSSR count). The van der Waals surface area contributed by atoms with Crippen LogP contribution < -0.4 is 0 Å². The Morgan fingerprint density at radius 2 is 0.539 bits per heavy atom. The molecule has 1 atom stereocenters. The molecule has 0 aliphatic carbocycles. The molecule has 0 aromatic carbocycles. The van der Waals surface area contributed by atoms with Gasteiger partial charge in [0.2, 0.25) is 0 Å². The Kier molecular flexibility index (Phi) is 62.2. The third-order valence-corrected chi connectivity index (χ3v) is 14.8. The highest BCUT2D eigenvalue weighted by Crippen LogP contribution is 2.18. The lowest BCUT2D eigenvalue weighted by molar-refractivity contribution is -0.166. The van der Waals surface area contributed by atoms with Gasteiger partial charge in [-0.1, -0.05) is 319 Å². The summed E-state index contributed by atoms with van der Waals surface area (Å²) < 4.78 is 16.8. The van der Waals surface area contributed by atoms with Crippen molar-refractivity contribution in [3.8, 4) is 0 Å². The van der Waals surface area contributed by atoms with E-state index in [-0.39, 0.29) is 37.5 Å². The molecule has 0 fully saturated rings. The summed E-state index contributed by atoms with van der Waals surface area (Å²) in [5.74, 6) is -0.981. The molecule has 0 aliphatic rings. The quantitative estimate of drug-likeness (QED) is 0.0261. The highest BCUT2D eigenvalue weighted by atomic mass is 16.6. The zero-order valence-electron chi connectivity index (χ0n) is 50.8. The molecule has 442 valence electrons. The molecule has 76 heavy (non-hydrogen) atoms. The molecule has 1 unspecified atom stereocenters. The molecule has 6 nitrogen and oxygen atoms in total. The van der Waals surface area contributed by atoms with Gasteiger partial charge in [-0.2, -0.15) is 0 Å². The Morgan fingerprint density at radius 1 is 0.276 bits per heavy atom. The van der Waals surface area contributed by atoms with Crippen LogP contribution in [0, 0.1) is 0 Å². The van der Waals surface area contributed by atoms with E-state index in [0.717, 1.165) is 70.6 Å². The summed E-state index contributed by atoms with van der Waals surface area (Å²) in [6, 6.07) is 0. The average molecular weight is 1060 g/mol. The fraction of sp³-hybridized carbons (Fsp3) is 0.814. The van der Waals surface area contributed by atoms with Gasteiger partial charge in [0.25, 0.3) is 0 Å². The predicted octanol–water partition coefficient (Wildman–Crippen LogP) is 22.7. The van der Waals surface area contributed by atoms with Crippen molar-refractivity contribution in [2.75, 3.05) is 13.2 Å². The first-order valence-corrected chi connectivity index (χ1v) is 33.3. The van der Waals surface area contributed by atoms with Gasteiger partial charge in [0.15, 0.2) is 6.10 Å². The summed E-state index contributed by atoms with van der Waals surface area (Å²) in [4.78, 5) is 38.1. The van der Waals surface area contributed by atoms with Crippen LogP contribution in [0.5, 0.6) is 0 Å². The molecule has 0 aliphatic heterocycles. The molecule has 0 saturated carbocycles. The summed E-state index contributed by atoms with van der Waals surface area (Å²) in [6.07, 6.45) is 82.9. The van der Waals surface area contributed by atoms with Crippen molar-refractivity contribution in [1.29, 1.82) is 0 Å². The second kappa shape index (κ2) is 64.6. The van der Waals surface area contributed by atoms with E-state index >= 15 is 0 Å². The number of hydrogen-bond donors (Lipinski definition) is 0. The average Bonchev–Trinajstić information content (AvgIpc) is 3.42. The van der Waals surface area contributed by atoms with Crippen molar-refractivity contribution in [1.82, 2.24) is 0 Å². The number of carbonyl (C=O) groups is 3. The Labute approximate surface area is 472 Å². The van der Waals surface area contributed by atoms with Gasteiger partial charge >= 0.3 is 17.9 Å². The molecule has 6 heteroatoms. The van der Waals surface area contributed by atoms with Gasteiger partial charge in [0.05, 0.1) is 0 Å². The highest BCUT2D eigenvalue weighted by molar-refractivity contribution is 5.71. The van der Waals surface area contributed by atoms with E-state index in [4.69, 9.17) is 14.2 Å². The minimum atomic E-state index is -0.814. The fourth-order valence-corrected chi connectivity index (χ4v) is 9.81. The zero-order chi connectivity index (χ0) is 55.0. The van der Waals surface area contributed by atoms with E-state index in [1.807, 2.05) is 6.08 Å². The van der Waals surface area contributed by atoms with Crippen LogP contribution in [0.25, 0.3) is 0 Å². The number of unbranched alkanes of at least 4 members (excludes halogenated alkanes) is 40. The van der Waals surface area contributed by atoms with Crippen LogP contribution in [-0.2, 0) is 28.6 Å². The molecule has 0 saturated heterocycles. The second-order valence-electron chi connectivity index (χ2n) is 22.4. The Balaban J connectivity index is 4.07. The van der Waals surface area contributed by atoms with Gasteiger partial charge in [0.1, 0.15) is 13.2 Å². The maximum Gasteiger partial charge on any atom is 0.306 e. The summed E-state index contributed by atoms with van der Waals surface area (Å²) in [6.45, 7) is 6.47. The molecular weight excluding hydrogens is 937 g/mol. The fourth-order valence-electron chi connectivity index (χ4n) is 9.81. The molecule has 0 aromatic rings. The largest absolute Gasteiger partial charge is 0.462 e.